The van der Waals surface area contributed by atoms with Crippen molar-refractivity contribution in [3.63, 3.8) is 0 Å². The summed E-state index contributed by atoms with van der Waals surface area (Å²) < 4.78 is 25.5. The zero-order chi connectivity index (χ0) is 20.3. The third kappa shape index (κ3) is 4.31. The lowest BCUT2D eigenvalue weighted by Crippen LogP contribution is -2.37. The van der Waals surface area contributed by atoms with Crippen LogP contribution in [0.2, 0.25) is 0 Å². The third-order valence-electron chi connectivity index (χ3n) is 5.30. The first kappa shape index (κ1) is 19.6. The highest BCUT2D eigenvalue weighted by molar-refractivity contribution is 6.63. The van der Waals surface area contributed by atoms with Crippen LogP contribution in [0, 0.1) is 5.82 Å². The first-order valence-electron chi connectivity index (χ1n) is 9.78. The monoisotopic (exact) mass is 387 g/mol. The summed E-state index contributed by atoms with van der Waals surface area (Å²) in [6.07, 6.45) is 1.84. The van der Waals surface area contributed by atoms with Crippen LogP contribution in [0.3, 0.4) is 0 Å². The van der Waals surface area contributed by atoms with Crippen molar-refractivity contribution < 1.29 is 13.7 Å². The Bertz CT molecular complexity index is 993. The average molecular weight is 387 g/mol. The lowest BCUT2D eigenvalue weighted by atomic mass is 9.76. The molecular weight excluding hydrogens is 364 g/mol. The second kappa shape index (κ2) is 8.32. The Morgan fingerprint density at radius 1 is 1.00 bits per heavy atom. The highest BCUT2D eigenvalue weighted by Gasteiger charge is 2.43. The zero-order valence-electron chi connectivity index (χ0n) is 16.6. The molecular formula is C24H23BFNO2. The van der Waals surface area contributed by atoms with Gasteiger partial charge < -0.3 is 9.31 Å². The van der Waals surface area contributed by atoms with Crippen molar-refractivity contribution in [2.75, 3.05) is 6.61 Å². The molecule has 0 saturated carbocycles. The Labute approximate surface area is 171 Å². The fourth-order valence-electron chi connectivity index (χ4n) is 3.50. The van der Waals surface area contributed by atoms with Gasteiger partial charge in [0.25, 0.3) is 0 Å². The van der Waals surface area contributed by atoms with Crippen molar-refractivity contribution >= 4 is 18.8 Å². The highest BCUT2D eigenvalue weighted by Crippen LogP contribution is 2.31. The van der Waals surface area contributed by atoms with Gasteiger partial charge in [0.2, 0.25) is 0 Å². The lowest BCUT2D eigenvalue weighted by molar-refractivity contribution is 0.114. The van der Waals surface area contributed by atoms with Crippen molar-refractivity contribution in [3.8, 4) is 0 Å². The van der Waals surface area contributed by atoms with E-state index in [1.54, 1.807) is 12.1 Å². The molecule has 0 spiro atoms. The molecule has 1 heterocycles. The van der Waals surface area contributed by atoms with Gasteiger partial charge in [-0.2, -0.15) is 0 Å². The largest absolute Gasteiger partial charge is 0.495 e. The summed E-state index contributed by atoms with van der Waals surface area (Å²) in [6, 6.07) is 24.4. The zero-order valence-corrected chi connectivity index (χ0v) is 16.6. The van der Waals surface area contributed by atoms with E-state index in [2.05, 4.69) is 24.0 Å². The summed E-state index contributed by atoms with van der Waals surface area (Å²) in [5.74, 6) is -0.243. The Balaban J connectivity index is 1.54. The summed E-state index contributed by atoms with van der Waals surface area (Å²) in [5, 5.41) is 0. The minimum atomic E-state index is -0.489. The highest BCUT2D eigenvalue weighted by atomic mass is 19.1. The van der Waals surface area contributed by atoms with E-state index in [4.69, 9.17) is 9.31 Å². The van der Waals surface area contributed by atoms with E-state index >= 15 is 0 Å². The van der Waals surface area contributed by atoms with Crippen LogP contribution in [0.5, 0.6) is 0 Å². The van der Waals surface area contributed by atoms with Gasteiger partial charge in [-0.3, -0.25) is 4.99 Å². The van der Waals surface area contributed by atoms with Crippen LogP contribution < -0.4 is 5.46 Å². The lowest BCUT2D eigenvalue weighted by Gasteiger charge is -2.23. The predicted molar refractivity (Wildman–Crippen MR) is 115 cm³/mol. The minimum absolute atomic E-state index is 0.0799. The Hall–Kier alpha value is -2.76. The fourth-order valence-corrected chi connectivity index (χ4v) is 3.50. The van der Waals surface area contributed by atoms with Crippen LogP contribution in [-0.4, -0.2) is 19.9 Å². The van der Waals surface area contributed by atoms with Crippen molar-refractivity contribution in [3.05, 3.63) is 101 Å². The number of hydrogen-bond donors (Lipinski definition) is 0. The summed E-state index contributed by atoms with van der Waals surface area (Å²) in [5.41, 5.74) is 3.46. The van der Waals surface area contributed by atoms with Gasteiger partial charge in [0.05, 0.1) is 18.2 Å². The topological polar surface area (TPSA) is 30.8 Å². The number of nitrogens with zero attached hydrogens (tertiary/aromatic N) is 1. The quantitative estimate of drug-likeness (QED) is 0.471. The number of benzene rings is 3. The molecule has 3 aromatic carbocycles. The number of halogens is 1. The Kier molecular flexibility index (Phi) is 5.61. The molecule has 1 fully saturated rings. The number of rotatable bonds is 5. The summed E-state index contributed by atoms with van der Waals surface area (Å²) in [6.45, 7) is 4.52. The molecule has 3 nitrogen and oxygen atoms in total. The summed E-state index contributed by atoms with van der Waals surface area (Å²) in [7, 11) is -0.455. The molecule has 2 atom stereocenters. The van der Waals surface area contributed by atoms with Crippen LogP contribution in [0.25, 0.3) is 0 Å². The van der Waals surface area contributed by atoms with Crippen LogP contribution in [0.4, 0.5) is 4.39 Å². The van der Waals surface area contributed by atoms with Crippen LogP contribution in [-0.2, 0) is 14.9 Å². The van der Waals surface area contributed by atoms with Gasteiger partial charge in [-0.05, 0) is 48.1 Å². The van der Waals surface area contributed by atoms with Gasteiger partial charge in [0, 0.05) is 6.21 Å². The first-order valence-corrected chi connectivity index (χ1v) is 9.78. The average Bonchev–Trinajstić information content (AvgIpc) is 3.16. The molecule has 2 unspecified atom stereocenters. The van der Waals surface area contributed by atoms with E-state index in [-0.39, 0.29) is 11.9 Å². The van der Waals surface area contributed by atoms with E-state index in [0.29, 0.717) is 6.61 Å². The van der Waals surface area contributed by atoms with Crippen LogP contribution >= 0.6 is 0 Å². The molecule has 0 bridgehead atoms. The fraction of sp³-hybridized carbons (Fsp3) is 0.208. The minimum Gasteiger partial charge on any atom is -0.404 e. The molecule has 1 aliphatic heterocycles. The smallest absolute Gasteiger partial charge is 0.404 e. The van der Waals surface area contributed by atoms with E-state index in [1.807, 2.05) is 55.6 Å². The Morgan fingerprint density at radius 3 is 2.45 bits per heavy atom. The molecule has 1 saturated heterocycles. The SMILES string of the molecule is CC(N=Cc1ccccc1B1OCC(C)(c2ccccc2)O1)c1ccc(F)cc1. The Morgan fingerprint density at radius 2 is 1.69 bits per heavy atom. The molecule has 29 heavy (non-hydrogen) atoms. The van der Waals surface area contributed by atoms with E-state index < -0.39 is 12.7 Å². The number of hydrogen-bond acceptors (Lipinski definition) is 3. The van der Waals surface area contributed by atoms with Gasteiger partial charge in [0.1, 0.15) is 5.82 Å². The van der Waals surface area contributed by atoms with E-state index in [9.17, 15) is 4.39 Å². The predicted octanol–water partition coefficient (Wildman–Crippen LogP) is 4.66. The maximum atomic E-state index is 13.1. The molecule has 3 aromatic rings. The van der Waals surface area contributed by atoms with Crippen molar-refractivity contribution in [1.82, 2.24) is 0 Å². The standard InChI is InChI=1S/C24H23BFNO2/c1-18(19-12-14-22(26)15-13-19)27-16-20-8-6-7-11-23(20)25-28-17-24(2,29-25)21-9-4-3-5-10-21/h3-16,18H,17H2,1-2H3. The van der Waals surface area contributed by atoms with Gasteiger partial charge >= 0.3 is 7.12 Å². The maximum absolute atomic E-state index is 13.1. The molecule has 0 aromatic heterocycles. The van der Waals surface area contributed by atoms with Crippen molar-refractivity contribution in [2.24, 2.45) is 4.99 Å². The van der Waals surface area contributed by atoms with Crippen molar-refractivity contribution in [1.29, 1.82) is 0 Å². The van der Waals surface area contributed by atoms with Crippen LogP contribution in [0.1, 0.15) is 36.6 Å². The van der Waals surface area contributed by atoms with E-state index in [1.165, 1.54) is 12.1 Å². The second-order valence-corrected chi connectivity index (χ2v) is 7.49. The molecule has 1 aliphatic rings. The molecule has 0 N–H and O–H groups in total. The maximum Gasteiger partial charge on any atom is 0.495 e. The molecule has 0 aliphatic carbocycles. The molecule has 4 rings (SSSR count). The summed E-state index contributed by atoms with van der Waals surface area (Å²) >= 11 is 0. The molecule has 0 radical (unpaired) electrons. The van der Waals surface area contributed by atoms with Gasteiger partial charge in [0.15, 0.2) is 0 Å². The number of aliphatic imine (C=N–C) groups is 1. The normalized spacial score (nSPS) is 20.3. The van der Waals surface area contributed by atoms with Gasteiger partial charge in [-0.25, -0.2) is 4.39 Å². The third-order valence-corrected chi connectivity index (χ3v) is 5.30. The van der Waals surface area contributed by atoms with Gasteiger partial charge in [-0.15, -0.1) is 0 Å². The van der Waals surface area contributed by atoms with Gasteiger partial charge in [-0.1, -0.05) is 66.7 Å². The molecule has 0 amide bonds. The van der Waals surface area contributed by atoms with Crippen LogP contribution in [0.15, 0.2) is 83.9 Å². The summed E-state index contributed by atoms with van der Waals surface area (Å²) in [4.78, 5) is 4.66. The van der Waals surface area contributed by atoms with E-state index in [0.717, 1.165) is 22.2 Å². The molecule has 5 heteroatoms. The second-order valence-electron chi connectivity index (χ2n) is 7.49. The van der Waals surface area contributed by atoms with Crippen molar-refractivity contribution in [2.45, 2.75) is 25.5 Å². The molecule has 146 valence electrons. The first-order chi connectivity index (χ1) is 14.0.